The predicted molar refractivity (Wildman–Crippen MR) is 74.1 cm³/mol. The number of hydrogen-bond donors (Lipinski definition) is 3. The van der Waals surface area contributed by atoms with Crippen LogP contribution in [0.25, 0.3) is 0 Å². The van der Waals surface area contributed by atoms with Gasteiger partial charge in [0.25, 0.3) is 0 Å². The number of carboxylic acids is 1. The number of hydrogen-bond acceptors (Lipinski definition) is 4. The van der Waals surface area contributed by atoms with E-state index in [1.807, 2.05) is 0 Å². The number of rotatable bonds is 5. The first-order valence-electron chi connectivity index (χ1n) is 5.96. The van der Waals surface area contributed by atoms with Gasteiger partial charge in [-0.15, -0.1) is 0 Å². The molecule has 102 valence electrons. The van der Waals surface area contributed by atoms with E-state index in [4.69, 9.17) is 5.11 Å². The molecule has 2 aromatic rings. The molecular weight excluding hydrogens is 258 g/mol. The lowest BCUT2D eigenvalue weighted by atomic mass is 10.0. The normalized spacial score (nSPS) is 10.0. The van der Waals surface area contributed by atoms with Crippen molar-refractivity contribution in [2.24, 2.45) is 0 Å². The van der Waals surface area contributed by atoms with Crippen LogP contribution in [-0.4, -0.2) is 28.5 Å². The van der Waals surface area contributed by atoms with E-state index in [0.29, 0.717) is 16.8 Å². The zero-order valence-corrected chi connectivity index (χ0v) is 10.5. The van der Waals surface area contributed by atoms with Crippen molar-refractivity contribution < 1.29 is 19.8 Å². The molecule has 0 bridgehead atoms. The topological polar surface area (TPSA) is 86.6 Å². The van der Waals surface area contributed by atoms with Crippen LogP contribution in [0.15, 0.2) is 48.5 Å². The number of ketones is 1. The van der Waals surface area contributed by atoms with Gasteiger partial charge in [-0.25, -0.2) is 0 Å². The van der Waals surface area contributed by atoms with Gasteiger partial charge in [-0.3, -0.25) is 9.59 Å². The second kappa shape index (κ2) is 5.88. The molecule has 0 heterocycles. The largest absolute Gasteiger partial charge is 0.508 e. The van der Waals surface area contributed by atoms with Gasteiger partial charge in [-0.05, 0) is 36.4 Å². The van der Waals surface area contributed by atoms with Crippen molar-refractivity contribution in [2.75, 3.05) is 11.9 Å². The van der Waals surface area contributed by atoms with Gasteiger partial charge in [-0.1, -0.05) is 12.1 Å². The Balaban J connectivity index is 2.29. The van der Waals surface area contributed by atoms with Crippen molar-refractivity contribution in [3.63, 3.8) is 0 Å². The van der Waals surface area contributed by atoms with Gasteiger partial charge >= 0.3 is 5.97 Å². The fourth-order valence-electron chi connectivity index (χ4n) is 1.77. The van der Waals surface area contributed by atoms with Gasteiger partial charge in [0, 0.05) is 16.8 Å². The average molecular weight is 271 g/mol. The first-order chi connectivity index (χ1) is 9.58. The number of carbonyl (C=O) groups excluding carboxylic acids is 1. The van der Waals surface area contributed by atoms with E-state index in [1.165, 1.54) is 24.3 Å². The van der Waals surface area contributed by atoms with Crippen molar-refractivity contribution in [3.05, 3.63) is 59.7 Å². The molecule has 0 aliphatic heterocycles. The predicted octanol–water partition coefficient (Wildman–Crippen LogP) is 2.12. The SMILES string of the molecule is O=C(O)CNc1ccccc1C(=O)c1ccc(O)cc1. The number of phenols is 1. The van der Waals surface area contributed by atoms with Crippen molar-refractivity contribution in [1.29, 1.82) is 0 Å². The van der Waals surface area contributed by atoms with Crippen molar-refractivity contribution >= 4 is 17.4 Å². The van der Waals surface area contributed by atoms with E-state index in [1.54, 1.807) is 24.3 Å². The van der Waals surface area contributed by atoms with E-state index < -0.39 is 5.97 Å². The zero-order valence-electron chi connectivity index (χ0n) is 10.5. The Hall–Kier alpha value is -2.82. The van der Waals surface area contributed by atoms with Gasteiger partial charge < -0.3 is 15.5 Å². The van der Waals surface area contributed by atoms with Crippen molar-refractivity contribution in [1.82, 2.24) is 0 Å². The summed E-state index contributed by atoms with van der Waals surface area (Å²) in [6.45, 7) is -0.264. The van der Waals surface area contributed by atoms with Crippen LogP contribution < -0.4 is 5.32 Å². The smallest absolute Gasteiger partial charge is 0.322 e. The van der Waals surface area contributed by atoms with Crippen LogP contribution in [0.5, 0.6) is 5.75 Å². The Morgan fingerprint density at radius 1 is 1.00 bits per heavy atom. The molecule has 5 nitrogen and oxygen atoms in total. The molecular formula is C15H13NO4. The molecule has 0 spiro atoms. The summed E-state index contributed by atoms with van der Waals surface area (Å²) in [6.07, 6.45) is 0. The average Bonchev–Trinajstić information content (AvgIpc) is 2.45. The molecule has 0 aliphatic rings. The lowest BCUT2D eigenvalue weighted by Gasteiger charge is -2.09. The van der Waals surface area contributed by atoms with Crippen LogP contribution in [0.4, 0.5) is 5.69 Å². The van der Waals surface area contributed by atoms with E-state index in [2.05, 4.69) is 5.32 Å². The van der Waals surface area contributed by atoms with Crippen LogP contribution in [0, 0.1) is 0 Å². The minimum Gasteiger partial charge on any atom is -0.508 e. The van der Waals surface area contributed by atoms with Gasteiger partial charge in [0.1, 0.15) is 12.3 Å². The minimum absolute atomic E-state index is 0.0823. The summed E-state index contributed by atoms with van der Waals surface area (Å²) >= 11 is 0. The highest BCUT2D eigenvalue weighted by atomic mass is 16.4. The van der Waals surface area contributed by atoms with E-state index in [0.717, 1.165) is 0 Å². The molecule has 0 saturated carbocycles. The molecule has 2 rings (SSSR count). The highest BCUT2D eigenvalue weighted by Gasteiger charge is 2.13. The number of para-hydroxylation sites is 1. The third kappa shape index (κ3) is 3.14. The number of phenolic OH excluding ortho intramolecular Hbond substituents is 1. The van der Waals surface area contributed by atoms with Gasteiger partial charge in [0.05, 0.1) is 0 Å². The second-order valence-corrected chi connectivity index (χ2v) is 4.17. The molecule has 0 radical (unpaired) electrons. The number of aromatic hydroxyl groups is 1. The van der Waals surface area contributed by atoms with E-state index in [9.17, 15) is 14.7 Å². The summed E-state index contributed by atoms with van der Waals surface area (Å²) in [4.78, 5) is 22.9. The number of benzene rings is 2. The maximum atomic E-state index is 12.4. The molecule has 0 aliphatic carbocycles. The molecule has 0 fully saturated rings. The number of aliphatic carboxylic acids is 1. The number of carboxylic acid groups (broad SMARTS) is 1. The monoisotopic (exact) mass is 271 g/mol. The Morgan fingerprint density at radius 2 is 1.65 bits per heavy atom. The summed E-state index contributed by atoms with van der Waals surface area (Å²) in [5, 5.41) is 20.6. The number of anilines is 1. The van der Waals surface area contributed by atoms with Crippen LogP contribution in [0.3, 0.4) is 0 Å². The molecule has 0 saturated heterocycles. The van der Waals surface area contributed by atoms with Crippen LogP contribution in [0.2, 0.25) is 0 Å². The molecule has 0 unspecified atom stereocenters. The quantitative estimate of drug-likeness (QED) is 0.725. The summed E-state index contributed by atoms with van der Waals surface area (Å²) < 4.78 is 0. The van der Waals surface area contributed by atoms with Crippen LogP contribution >= 0.6 is 0 Å². The highest BCUT2D eigenvalue weighted by molar-refractivity contribution is 6.12. The Bertz CT molecular complexity index is 635. The molecule has 0 aromatic heterocycles. The van der Waals surface area contributed by atoms with Crippen molar-refractivity contribution in [3.8, 4) is 5.75 Å². The van der Waals surface area contributed by atoms with Crippen molar-refractivity contribution in [2.45, 2.75) is 0 Å². The van der Waals surface area contributed by atoms with Gasteiger partial charge in [-0.2, -0.15) is 0 Å². The highest BCUT2D eigenvalue weighted by Crippen LogP contribution is 2.20. The third-order valence-corrected chi connectivity index (χ3v) is 2.73. The molecule has 20 heavy (non-hydrogen) atoms. The summed E-state index contributed by atoms with van der Waals surface area (Å²) in [5.74, 6) is -1.16. The number of nitrogens with one attached hydrogen (secondary N) is 1. The van der Waals surface area contributed by atoms with Crippen LogP contribution in [0.1, 0.15) is 15.9 Å². The zero-order chi connectivity index (χ0) is 14.5. The summed E-state index contributed by atoms with van der Waals surface area (Å²) in [6, 6.07) is 12.6. The molecule has 5 heteroatoms. The maximum Gasteiger partial charge on any atom is 0.322 e. The van der Waals surface area contributed by atoms with Crippen LogP contribution in [-0.2, 0) is 4.79 Å². The minimum atomic E-state index is -1.00. The fraction of sp³-hybridized carbons (Fsp3) is 0.0667. The Kier molecular flexibility index (Phi) is 4.00. The first-order valence-corrected chi connectivity index (χ1v) is 5.96. The van der Waals surface area contributed by atoms with E-state index >= 15 is 0 Å². The first kappa shape index (κ1) is 13.6. The lowest BCUT2D eigenvalue weighted by Crippen LogP contribution is -2.15. The Labute approximate surface area is 115 Å². The second-order valence-electron chi connectivity index (χ2n) is 4.17. The third-order valence-electron chi connectivity index (χ3n) is 2.73. The summed E-state index contributed by atoms with van der Waals surface area (Å²) in [7, 11) is 0. The molecule has 3 N–H and O–H groups in total. The fourth-order valence-corrected chi connectivity index (χ4v) is 1.77. The number of carbonyl (C=O) groups is 2. The molecule has 0 amide bonds. The molecule has 2 aromatic carbocycles. The Morgan fingerprint density at radius 3 is 2.30 bits per heavy atom. The van der Waals surface area contributed by atoms with Gasteiger partial charge in [0.15, 0.2) is 5.78 Å². The van der Waals surface area contributed by atoms with E-state index in [-0.39, 0.29) is 18.1 Å². The standard InChI is InChI=1S/C15H13NO4/c17-11-7-5-10(6-8-11)15(20)12-3-1-2-4-13(12)16-9-14(18)19/h1-8,16-17H,9H2,(H,18,19). The maximum absolute atomic E-state index is 12.4. The summed E-state index contributed by atoms with van der Waals surface area (Å²) in [5.41, 5.74) is 1.28. The van der Waals surface area contributed by atoms with Gasteiger partial charge in [0.2, 0.25) is 0 Å². The molecule has 0 atom stereocenters. The lowest BCUT2D eigenvalue weighted by molar-refractivity contribution is -0.134.